The molecule has 0 bridgehead atoms. The molecule has 5 rings (SSSR count). The maximum absolute atomic E-state index is 13.6. The number of aryl methyl sites for hydroxylation is 2. The van der Waals surface area contributed by atoms with E-state index in [0.717, 1.165) is 54.0 Å². The van der Waals surface area contributed by atoms with Crippen molar-refractivity contribution >= 4 is 61.4 Å². The number of carbonyl (C=O) groups is 1. The summed E-state index contributed by atoms with van der Waals surface area (Å²) in [7, 11) is -2.08. The van der Waals surface area contributed by atoms with Gasteiger partial charge in [0.15, 0.2) is 5.69 Å². The van der Waals surface area contributed by atoms with Crippen LogP contribution in [-0.4, -0.2) is 53.2 Å². The Morgan fingerprint density at radius 1 is 1.14 bits per heavy atom. The number of nitrogens with zero attached hydrogens (tertiary/aromatic N) is 5. The number of amides is 1. The van der Waals surface area contributed by atoms with Crippen LogP contribution in [0.1, 0.15) is 64.0 Å². The molecule has 42 heavy (non-hydrogen) atoms. The molecular weight excluding hydrogens is 598 g/mol. The molecule has 0 radical (unpaired) electrons. The third kappa shape index (κ3) is 6.27. The van der Waals surface area contributed by atoms with Crippen molar-refractivity contribution in [2.24, 2.45) is 7.05 Å². The zero-order valence-electron chi connectivity index (χ0n) is 23.9. The maximum Gasteiger partial charge on any atom is 0.285 e. The quantitative estimate of drug-likeness (QED) is 0.286. The number of rotatable bonds is 7. The van der Waals surface area contributed by atoms with E-state index < -0.39 is 22.0 Å². The number of sulfonamides is 1. The van der Waals surface area contributed by atoms with Crippen LogP contribution < -0.4 is 20.5 Å². The number of fused-ring (bicyclic) bond motifs is 1. The van der Waals surface area contributed by atoms with E-state index in [1.165, 1.54) is 6.07 Å². The number of hydrogen-bond acceptors (Lipinski definition) is 10. The molecule has 14 heteroatoms. The zero-order valence-corrected chi connectivity index (χ0v) is 26.3. The van der Waals surface area contributed by atoms with E-state index in [2.05, 4.69) is 25.6 Å². The van der Waals surface area contributed by atoms with E-state index in [9.17, 15) is 18.0 Å². The minimum atomic E-state index is -3.82. The molecule has 222 valence electrons. The molecule has 4 heterocycles. The monoisotopic (exact) mass is 629 g/mol. The van der Waals surface area contributed by atoms with E-state index in [0.29, 0.717) is 22.8 Å². The molecule has 0 aliphatic carbocycles. The number of piperidine rings is 1. The van der Waals surface area contributed by atoms with Gasteiger partial charge in [-0.1, -0.05) is 17.7 Å². The molecule has 11 nitrogen and oxygen atoms in total. The molecular formula is C28H32ClN7O4S2. The summed E-state index contributed by atoms with van der Waals surface area (Å²) in [4.78, 5) is 42.2. The van der Waals surface area contributed by atoms with Gasteiger partial charge in [-0.3, -0.25) is 14.2 Å². The van der Waals surface area contributed by atoms with Crippen LogP contribution in [0.5, 0.6) is 0 Å². The summed E-state index contributed by atoms with van der Waals surface area (Å²) < 4.78 is 26.9. The highest BCUT2D eigenvalue weighted by Gasteiger charge is 2.26. The molecule has 1 atom stereocenters. The average molecular weight is 630 g/mol. The van der Waals surface area contributed by atoms with Gasteiger partial charge < -0.3 is 10.2 Å². The van der Waals surface area contributed by atoms with E-state index in [-0.39, 0.29) is 22.1 Å². The normalized spacial score (nSPS) is 15.1. The molecule has 1 aliphatic rings. The lowest BCUT2D eigenvalue weighted by atomic mass is 9.94. The second-order valence-electron chi connectivity index (χ2n) is 10.7. The summed E-state index contributed by atoms with van der Waals surface area (Å²) in [6, 6.07) is 6.41. The highest BCUT2D eigenvalue weighted by Crippen LogP contribution is 2.32. The highest BCUT2D eigenvalue weighted by atomic mass is 35.5. The molecule has 0 spiro atoms. The van der Waals surface area contributed by atoms with Crippen LogP contribution in [0.2, 0.25) is 5.15 Å². The molecule has 1 saturated heterocycles. The van der Waals surface area contributed by atoms with Crippen molar-refractivity contribution in [2.45, 2.75) is 45.6 Å². The highest BCUT2D eigenvalue weighted by molar-refractivity contribution is 7.89. The van der Waals surface area contributed by atoms with Gasteiger partial charge in [0.2, 0.25) is 16.0 Å². The average Bonchev–Trinajstić information content (AvgIpc) is 3.37. The largest absolute Gasteiger partial charge is 0.377 e. The lowest BCUT2D eigenvalue weighted by molar-refractivity contribution is 0.0977. The standard InChI is InChI=1S/C28H32ClN7O4S2/c1-15-12-19(16(2)30-21-6-7-23(29)32-25(21)26(37)34-42(5,39)40)24-20(13-15)27(38)35(4)28(33-24)36-10-8-18(9-11-36)22-14-41-17(3)31-22/h6-7,12-14,16,18,30H,8-11H2,1-5H3,(H,34,37)/t16-/m1/s1. The van der Waals surface area contributed by atoms with Gasteiger partial charge in [0, 0.05) is 37.0 Å². The van der Waals surface area contributed by atoms with E-state index >= 15 is 0 Å². The van der Waals surface area contributed by atoms with Crippen molar-refractivity contribution in [1.29, 1.82) is 0 Å². The topological polar surface area (TPSA) is 139 Å². The zero-order chi connectivity index (χ0) is 30.3. The van der Waals surface area contributed by atoms with Crippen LogP contribution >= 0.6 is 22.9 Å². The third-order valence-corrected chi connectivity index (χ3v) is 8.91. The lowest BCUT2D eigenvalue weighted by Crippen LogP contribution is -2.37. The lowest BCUT2D eigenvalue weighted by Gasteiger charge is -2.33. The minimum absolute atomic E-state index is 0.0383. The number of hydrogen-bond donors (Lipinski definition) is 2. The fraction of sp³-hybridized carbons (Fsp3) is 0.393. The van der Waals surface area contributed by atoms with E-state index in [1.807, 2.05) is 37.6 Å². The smallest absolute Gasteiger partial charge is 0.285 e. The first-order valence-corrected chi connectivity index (χ1v) is 16.6. The van der Waals surface area contributed by atoms with Gasteiger partial charge in [0.1, 0.15) is 5.15 Å². The van der Waals surface area contributed by atoms with Crippen LogP contribution in [0, 0.1) is 13.8 Å². The van der Waals surface area contributed by atoms with Gasteiger partial charge in [-0.15, -0.1) is 11.3 Å². The number of benzene rings is 1. The molecule has 1 fully saturated rings. The van der Waals surface area contributed by atoms with E-state index in [1.54, 1.807) is 29.0 Å². The Kier molecular flexibility index (Phi) is 8.28. The number of pyridine rings is 1. The second-order valence-corrected chi connectivity index (χ2v) is 13.9. The predicted molar refractivity (Wildman–Crippen MR) is 166 cm³/mol. The Morgan fingerprint density at radius 3 is 2.50 bits per heavy atom. The Labute approximate surface area is 253 Å². The molecule has 0 saturated carbocycles. The number of thiazole rings is 1. The summed E-state index contributed by atoms with van der Waals surface area (Å²) in [5.41, 5.74) is 3.29. The molecule has 1 aliphatic heterocycles. The van der Waals surface area contributed by atoms with Crippen LogP contribution in [0.4, 0.5) is 11.6 Å². The van der Waals surface area contributed by atoms with Crippen molar-refractivity contribution in [1.82, 2.24) is 24.2 Å². The summed E-state index contributed by atoms with van der Waals surface area (Å²) in [6.07, 6.45) is 2.71. The third-order valence-electron chi connectivity index (χ3n) is 7.36. The van der Waals surface area contributed by atoms with Crippen molar-refractivity contribution in [3.8, 4) is 0 Å². The van der Waals surface area contributed by atoms with E-state index in [4.69, 9.17) is 16.6 Å². The van der Waals surface area contributed by atoms with Crippen molar-refractivity contribution in [3.63, 3.8) is 0 Å². The van der Waals surface area contributed by atoms with Crippen LogP contribution in [0.15, 0.2) is 34.4 Å². The number of nitrogens with one attached hydrogen (secondary N) is 2. The van der Waals surface area contributed by atoms with Gasteiger partial charge in [0.05, 0.1) is 39.6 Å². The summed E-state index contributed by atoms with van der Waals surface area (Å²) in [6.45, 7) is 7.29. The Hall–Kier alpha value is -3.55. The SMILES string of the molecule is Cc1cc([C@@H](C)Nc2ccc(Cl)nc2C(=O)NS(C)(=O)=O)c2nc(N3CCC(c4csc(C)n4)CC3)n(C)c(=O)c2c1. The molecule has 2 N–H and O–H groups in total. The van der Waals surface area contributed by atoms with Crippen LogP contribution in [-0.2, 0) is 17.1 Å². The Morgan fingerprint density at radius 2 is 1.86 bits per heavy atom. The van der Waals surface area contributed by atoms with Gasteiger partial charge in [-0.2, -0.15) is 0 Å². The molecule has 0 unspecified atom stereocenters. The van der Waals surface area contributed by atoms with Crippen LogP contribution in [0.25, 0.3) is 10.9 Å². The van der Waals surface area contributed by atoms with Crippen molar-refractivity contribution in [3.05, 3.63) is 72.7 Å². The fourth-order valence-corrected chi connectivity index (χ4v) is 6.63. The molecule has 1 amide bonds. The predicted octanol–water partition coefficient (Wildman–Crippen LogP) is 4.30. The first kappa shape index (κ1) is 29.9. The first-order chi connectivity index (χ1) is 19.8. The Balaban J connectivity index is 1.49. The molecule has 1 aromatic carbocycles. The van der Waals surface area contributed by atoms with Gasteiger partial charge >= 0.3 is 0 Å². The van der Waals surface area contributed by atoms with Crippen molar-refractivity contribution in [2.75, 3.05) is 29.6 Å². The number of aromatic nitrogens is 4. The first-order valence-electron chi connectivity index (χ1n) is 13.4. The minimum Gasteiger partial charge on any atom is -0.377 e. The number of halogens is 1. The number of anilines is 2. The maximum atomic E-state index is 13.6. The summed E-state index contributed by atoms with van der Waals surface area (Å²) >= 11 is 7.69. The number of carbonyl (C=O) groups excluding carboxylic acids is 1. The Bertz CT molecular complexity index is 1850. The van der Waals surface area contributed by atoms with Crippen molar-refractivity contribution < 1.29 is 13.2 Å². The van der Waals surface area contributed by atoms with Gasteiger partial charge in [-0.25, -0.2) is 28.1 Å². The fourth-order valence-electron chi connectivity index (χ4n) is 5.35. The molecule has 4 aromatic rings. The summed E-state index contributed by atoms with van der Waals surface area (Å²) in [5, 5.41) is 6.98. The van der Waals surface area contributed by atoms with Gasteiger partial charge in [0.25, 0.3) is 11.5 Å². The van der Waals surface area contributed by atoms with Gasteiger partial charge in [-0.05, 0) is 57.4 Å². The summed E-state index contributed by atoms with van der Waals surface area (Å²) in [5.74, 6) is 0.0709. The molecule has 3 aromatic heterocycles. The van der Waals surface area contributed by atoms with Crippen LogP contribution in [0.3, 0.4) is 0 Å². The second kappa shape index (κ2) is 11.6.